The Hall–Kier alpha value is 0.440. The molecule has 0 aromatic rings. The second-order valence-corrected chi connectivity index (χ2v) is 3.60. The number of hydrogen-bond donors (Lipinski definition) is 0. The summed E-state index contributed by atoms with van der Waals surface area (Å²) in [5.74, 6) is 0. The van der Waals surface area contributed by atoms with Gasteiger partial charge in [0.15, 0.2) is 0 Å². The first-order valence-corrected chi connectivity index (χ1v) is 5.22. The summed E-state index contributed by atoms with van der Waals surface area (Å²) in [4.78, 5) is 0. The van der Waals surface area contributed by atoms with E-state index in [9.17, 15) is 0 Å². The van der Waals surface area contributed by atoms with Gasteiger partial charge in [-0.2, -0.15) is 0 Å². The molecule has 1 aliphatic heterocycles. The average Bonchev–Trinajstić information content (AvgIpc) is 2.68. The van der Waals surface area contributed by atoms with E-state index >= 15 is 0 Å². The molecular weight excluding hydrogens is 192 g/mol. The highest BCUT2D eigenvalue weighted by Crippen LogP contribution is 2.29. The molecule has 0 N–H and O–H groups in total. The highest BCUT2D eigenvalue weighted by atomic mass is 79.9. The fraction of sp³-hybridized carbons (Fsp3) is 1.00. The number of rotatable bonds is 5. The molecule has 1 unspecified atom stereocenters. The third-order valence-electron chi connectivity index (χ3n) is 1.96. The van der Waals surface area contributed by atoms with E-state index in [2.05, 4.69) is 22.9 Å². The zero-order valence-corrected chi connectivity index (χ0v) is 8.06. The third-order valence-corrected chi connectivity index (χ3v) is 2.52. The van der Waals surface area contributed by atoms with Crippen molar-refractivity contribution < 1.29 is 4.74 Å². The minimum Gasteiger partial charge on any atom is -0.370 e. The van der Waals surface area contributed by atoms with Crippen LogP contribution in [0.5, 0.6) is 0 Å². The Morgan fingerprint density at radius 2 is 2.10 bits per heavy atom. The second kappa shape index (κ2) is 4.35. The minimum absolute atomic E-state index is 0.607. The number of epoxide rings is 1. The highest BCUT2D eigenvalue weighted by Gasteiger charge is 2.35. The van der Waals surface area contributed by atoms with Gasteiger partial charge in [0.25, 0.3) is 0 Å². The molecule has 1 rings (SSSR count). The summed E-state index contributed by atoms with van der Waals surface area (Å²) in [6, 6.07) is 0. The predicted molar refractivity (Wildman–Crippen MR) is 46.6 cm³/mol. The van der Waals surface area contributed by atoms with Crippen LogP contribution in [-0.4, -0.2) is 17.5 Å². The van der Waals surface area contributed by atoms with Crippen LogP contribution in [0.2, 0.25) is 0 Å². The lowest BCUT2D eigenvalue weighted by atomic mass is 10.1. The maximum Gasteiger partial charge on any atom is 0.0841 e. The van der Waals surface area contributed by atoms with Gasteiger partial charge >= 0.3 is 0 Å². The molecule has 0 spiro atoms. The molecule has 1 heterocycles. The van der Waals surface area contributed by atoms with Crippen molar-refractivity contribution in [3.05, 3.63) is 0 Å². The van der Waals surface area contributed by atoms with E-state index < -0.39 is 0 Å². The van der Waals surface area contributed by atoms with Gasteiger partial charge < -0.3 is 4.74 Å². The quantitative estimate of drug-likeness (QED) is 0.383. The number of hydrogen-bond acceptors (Lipinski definition) is 1. The van der Waals surface area contributed by atoms with Gasteiger partial charge in [-0.15, -0.1) is 0 Å². The Labute approximate surface area is 71.3 Å². The fourth-order valence-corrected chi connectivity index (χ4v) is 1.63. The molecule has 0 aromatic heterocycles. The Balaban J connectivity index is 1.87. The maximum atomic E-state index is 5.40. The lowest BCUT2D eigenvalue weighted by molar-refractivity contribution is 0.357. The summed E-state index contributed by atoms with van der Waals surface area (Å²) < 4.78 is 5.40. The van der Waals surface area contributed by atoms with Crippen molar-refractivity contribution in [2.24, 2.45) is 0 Å². The number of halogens is 1. The summed E-state index contributed by atoms with van der Waals surface area (Å²) in [6.45, 7) is 2.19. The SMILES string of the molecule is CC[C@H]1OC1CCCCBr. The Bertz CT molecular complexity index is 95.3. The van der Waals surface area contributed by atoms with E-state index in [0.717, 1.165) is 5.33 Å². The van der Waals surface area contributed by atoms with Crippen LogP contribution in [-0.2, 0) is 4.74 Å². The minimum atomic E-state index is 0.607. The van der Waals surface area contributed by atoms with Crippen molar-refractivity contribution in [1.82, 2.24) is 0 Å². The summed E-state index contributed by atoms with van der Waals surface area (Å²) in [6.07, 6.45) is 6.28. The molecule has 1 nitrogen and oxygen atoms in total. The Morgan fingerprint density at radius 3 is 2.60 bits per heavy atom. The van der Waals surface area contributed by atoms with Gasteiger partial charge in [-0.25, -0.2) is 0 Å². The Kier molecular flexibility index (Phi) is 3.71. The van der Waals surface area contributed by atoms with Crippen LogP contribution in [0.25, 0.3) is 0 Å². The highest BCUT2D eigenvalue weighted by molar-refractivity contribution is 9.09. The average molecular weight is 207 g/mol. The van der Waals surface area contributed by atoms with Gasteiger partial charge in [0.1, 0.15) is 0 Å². The molecule has 0 aliphatic carbocycles. The van der Waals surface area contributed by atoms with Crippen LogP contribution >= 0.6 is 15.9 Å². The van der Waals surface area contributed by atoms with Crippen LogP contribution in [0.15, 0.2) is 0 Å². The van der Waals surface area contributed by atoms with Crippen LogP contribution in [0.3, 0.4) is 0 Å². The standard InChI is InChI=1S/C8H15BrO/c1-2-7-8(10-7)5-3-4-6-9/h7-8H,2-6H2,1H3/t7-,8?/m1/s1. The largest absolute Gasteiger partial charge is 0.370 e. The smallest absolute Gasteiger partial charge is 0.0841 e. The molecule has 0 radical (unpaired) electrons. The number of ether oxygens (including phenoxy) is 1. The molecule has 0 bridgehead atoms. The summed E-state index contributed by atoms with van der Waals surface area (Å²) in [7, 11) is 0. The van der Waals surface area contributed by atoms with E-state index in [1.807, 2.05) is 0 Å². The van der Waals surface area contributed by atoms with E-state index in [-0.39, 0.29) is 0 Å². The van der Waals surface area contributed by atoms with Gasteiger partial charge in [0.2, 0.25) is 0 Å². The lowest BCUT2D eigenvalue weighted by Gasteiger charge is -1.91. The normalized spacial score (nSPS) is 30.6. The van der Waals surface area contributed by atoms with E-state index in [0.29, 0.717) is 12.2 Å². The van der Waals surface area contributed by atoms with Crippen LogP contribution in [0.1, 0.15) is 32.6 Å². The van der Waals surface area contributed by atoms with Crippen molar-refractivity contribution in [3.8, 4) is 0 Å². The van der Waals surface area contributed by atoms with Crippen molar-refractivity contribution in [3.63, 3.8) is 0 Å². The van der Waals surface area contributed by atoms with Crippen molar-refractivity contribution in [1.29, 1.82) is 0 Å². The van der Waals surface area contributed by atoms with Gasteiger partial charge in [0, 0.05) is 5.33 Å². The molecule has 2 atom stereocenters. The molecule has 1 aliphatic rings. The third kappa shape index (κ3) is 2.59. The summed E-state index contributed by atoms with van der Waals surface area (Å²) in [5, 5.41) is 1.14. The zero-order valence-electron chi connectivity index (χ0n) is 6.48. The molecule has 0 aromatic carbocycles. The topological polar surface area (TPSA) is 12.5 Å². The molecule has 0 amide bonds. The molecule has 60 valence electrons. The lowest BCUT2D eigenvalue weighted by Crippen LogP contribution is -1.91. The van der Waals surface area contributed by atoms with Gasteiger partial charge in [-0.05, 0) is 25.7 Å². The van der Waals surface area contributed by atoms with Crippen LogP contribution in [0, 0.1) is 0 Å². The molecule has 1 saturated heterocycles. The fourth-order valence-electron chi connectivity index (χ4n) is 1.23. The maximum absolute atomic E-state index is 5.40. The first-order valence-electron chi connectivity index (χ1n) is 4.10. The Morgan fingerprint density at radius 1 is 1.30 bits per heavy atom. The van der Waals surface area contributed by atoms with E-state index in [1.54, 1.807) is 0 Å². The predicted octanol–water partition coefficient (Wildman–Crippen LogP) is 2.73. The molecular formula is C8H15BrO. The van der Waals surface area contributed by atoms with Crippen molar-refractivity contribution >= 4 is 15.9 Å². The number of alkyl halides is 1. The number of unbranched alkanes of at least 4 members (excludes halogenated alkanes) is 1. The molecule has 0 saturated carbocycles. The summed E-state index contributed by atoms with van der Waals surface area (Å²) in [5.41, 5.74) is 0. The monoisotopic (exact) mass is 206 g/mol. The van der Waals surface area contributed by atoms with Gasteiger partial charge in [-0.1, -0.05) is 22.9 Å². The van der Waals surface area contributed by atoms with Gasteiger partial charge in [-0.3, -0.25) is 0 Å². The molecule has 10 heavy (non-hydrogen) atoms. The molecule has 1 fully saturated rings. The first-order chi connectivity index (χ1) is 4.88. The van der Waals surface area contributed by atoms with Crippen LogP contribution in [0.4, 0.5) is 0 Å². The van der Waals surface area contributed by atoms with Gasteiger partial charge in [0.05, 0.1) is 12.2 Å². The van der Waals surface area contributed by atoms with Crippen molar-refractivity contribution in [2.45, 2.75) is 44.8 Å². The second-order valence-electron chi connectivity index (χ2n) is 2.81. The molecule has 2 heteroatoms. The first kappa shape index (κ1) is 8.54. The van der Waals surface area contributed by atoms with E-state index in [1.165, 1.54) is 25.7 Å². The van der Waals surface area contributed by atoms with E-state index in [4.69, 9.17) is 4.74 Å². The summed E-state index contributed by atoms with van der Waals surface area (Å²) >= 11 is 3.41. The van der Waals surface area contributed by atoms with Crippen molar-refractivity contribution in [2.75, 3.05) is 5.33 Å². The zero-order chi connectivity index (χ0) is 7.40. The van der Waals surface area contributed by atoms with Crippen LogP contribution < -0.4 is 0 Å².